The highest BCUT2D eigenvalue weighted by Gasteiger charge is 2.13. The molecule has 0 atom stereocenters. The lowest BCUT2D eigenvalue weighted by atomic mass is 9.94. The third kappa shape index (κ3) is 11.4. The normalized spacial score (nSPS) is 15.2. The molecule has 0 aliphatic heterocycles. The predicted molar refractivity (Wildman–Crippen MR) is 270 cm³/mol. The SMILES string of the molecule is O=C1C=C(O)CCCc2ccc(cc2)Cc2cccc3c(nccc23)-c2cccc(c2)CCCCCCCCc2cccc(c2)-c2nccc3c(cccc23)Cc2ccc(cc2)CCC1. The molecule has 8 aromatic rings. The van der Waals surface area contributed by atoms with Crippen LogP contribution < -0.4 is 0 Å². The van der Waals surface area contributed by atoms with Gasteiger partial charge in [0.15, 0.2) is 5.78 Å². The number of aliphatic hydroxyl groups is 1. The summed E-state index contributed by atoms with van der Waals surface area (Å²) in [6.45, 7) is 0. The van der Waals surface area contributed by atoms with Crippen LogP contribution in [-0.4, -0.2) is 20.9 Å². The minimum absolute atomic E-state index is 0.0136. The van der Waals surface area contributed by atoms with Gasteiger partial charge in [-0.2, -0.15) is 0 Å². The van der Waals surface area contributed by atoms with Gasteiger partial charge in [-0.25, -0.2) is 0 Å². The summed E-state index contributed by atoms with van der Waals surface area (Å²) in [6.07, 6.45) is 20.8. The smallest absolute Gasteiger partial charge is 0.159 e. The first-order chi connectivity index (χ1) is 32.0. The van der Waals surface area contributed by atoms with E-state index in [9.17, 15) is 9.90 Å². The number of hydrogen-bond acceptors (Lipinski definition) is 4. The van der Waals surface area contributed by atoms with Crippen LogP contribution in [0.1, 0.15) is 109 Å². The summed E-state index contributed by atoms with van der Waals surface area (Å²) in [4.78, 5) is 22.6. The summed E-state index contributed by atoms with van der Waals surface area (Å²) in [5, 5.41) is 15.5. The van der Waals surface area contributed by atoms with Crippen molar-refractivity contribution in [3.05, 3.63) is 214 Å². The number of aryl methyl sites for hydroxylation is 4. The number of pyridine rings is 2. The Morgan fingerprint density at radius 2 is 0.800 bits per heavy atom. The fraction of sp³-hybridized carbons (Fsp3) is 0.262. The van der Waals surface area contributed by atoms with Gasteiger partial charge in [0.05, 0.1) is 17.1 Å². The van der Waals surface area contributed by atoms with Crippen molar-refractivity contribution in [2.45, 2.75) is 103 Å². The number of aromatic nitrogens is 2. The lowest BCUT2D eigenvalue weighted by Gasteiger charge is -2.12. The number of ketones is 1. The van der Waals surface area contributed by atoms with Gasteiger partial charge in [0, 0.05) is 53.2 Å². The average molecular weight is 853 g/mol. The zero-order valence-corrected chi connectivity index (χ0v) is 37.7. The van der Waals surface area contributed by atoms with Gasteiger partial charge in [-0.3, -0.25) is 14.8 Å². The largest absolute Gasteiger partial charge is 0.512 e. The molecular formula is C61H60N2O2. The number of rotatable bonds is 0. The molecule has 0 fully saturated rings. The molecule has 3 aliphatic carbocycles. The van der Waals surface area contributed by atoms with Gasteiger partial charge in [0.25, 0.3) is 0 Å². The number of fused-ring (bicyclic) bond motifs is 2. The van der Waals surface area contributed by atoms with Gasteiger partial charge in [0.1, 0.15) is 0 Å². The van der Waals surface area contributed by atoms with Gasteiger partial charge in [0.2, 0.25) is 0 Å². The van der Waals surface area contributed by atoms with E-state index in [-0.39, 0.29) is 11.5 Å². The van der Waals surface area contributed by atoms with Crippen molar-refractivity contribution >= 4 is 27.3 Å². The highest BCUT2D eigenvalue weighted by Crippen LogP contribution is 2.32. The lowest BCUT2D eigenvalue weighted by molar-refractivity contribution is -0.114. The average Bonchev–Trinajstić information content (AvgIpc) is 3.33. The topological polar surface area (TPSA) is 63.1 Å². The fourth-order valence-electron chi connectivity index (χ4n) is 9.78. The third-order valence-corrected chi connectivity index (χ3v) is 13.3. The molecule has 0 spiro atoms. The fourth-order valence-corrected chi connectivity index (χ4v) is 9.78. The maximum atomic E-state index is 12.8. The second-order valence-electron chi connectivity index (χ2n) is 18.2. The monoisotopic (exact) mass is 852 g/mol. The maximum absolute atomic E-state index is 12.8. The standard InChI is InChI=1S/C61H60N2O2/c64-54-23-9-15-44-27-31-48(32-28-44)39-50-19-11-25-58-56(50)35-37-62-60(58)52-21-7-17-46(41-52)13-5-3-1-2-4-6-14-47-18-8-22-53(42-47)61-59-26-12-20-51(57(59)36-38-63-61)40-49-33-29-45(30-34-49)16-10-24-55(65)43-54/h7-8,11-12,17-22,25-38,41-43,64H,1-6,9-10,13-16,23-24,39-40H2. The summed E-state index contributed by atoms with van der Waals surface area (Å²) in [7, 11) is 0. The zero-order valence-electron chi connectivity index (χ0n) is 37.7. The lowest BCUT2D eigenvalue weighted by Crippen LogP contribution is -1.98. The first-order valence-electron chi connectivity index (χ1n) is 24.0. The Morgan fingerprint density at radius 1 is 0.369 bits per heavy atom. The van der Waals surface area contributed by atoms with E-state index in [2.05, 4.69) is 146 Å². The highest BCUT2D eigenvalue weighted by molar-refractivity contribution is 5.97. The van der Waals surface area contributed by atoms with Crippen molar-refractivity contribution in [3.8, 4) is 22.5 Å². The number of carbonyl (C=O) groups excluding carboxylic acids is 1. The molecule has 4 heteroatoms. The minimum atomic E-state index is -0.0136. The Bertz CT molecular complexity index is 2910. The Labute approximate surface area is 385 Å². The number of hydrogen-bond donors (Lipinski definition) is 1. The molecule has 4 nitrogen and oxygen atoms in total. The van der Waals surface area contributed by atoms with Crippen molar-refractivity contribution in [2.75, 3.05) is 0 Å². The molecule has 0 unspecified atom stereocenters. The molecule has 11 rings (SSSR count). The molecule has 0 amide bonds. The molecule has 1 N–H and O–H groups in total. The van der Waals surface area contributed by atoms with Gasteiger partial charge >= 0.3 is 0 Å². The summed E-state index contributed by atoms with van der Waals surface area (Å²) in [5.41, 5.74) is 14.8. The molecule has 0 saturated heterocycles. The van der Waals surface area contributed by atoms with Crippen LogP contribution >= 0.6 is 0 Å². The van der Waals surface area contributed by atoms with Gasteiger partial charge < -0.3 is 5.11 Å². The number of benzene rings is 6. The van der Waals surface area contributed by atoms with E-state index in [0.29, 0.717) is 12.8 Å². The molecule has 16 bridgehead atoms. The molecule has 65 heavy (non-hydrogen) atoms. The van der Waals surface area contributed by atoms with E-state index in [4.69, 9.17) is 9.97 Å². The summed E-state index contributed by atoms with van der Waals surface area (Å²) >= 11 is 0. The Kier molecular flexibility index (Phi) is 14.3. The summed E-state index contributed by atoms with van der Waals surface area (Å²) < 4.78 is 0. The van der Waals surface area contributed by atoms with Crippen molar-refractivity contribution in [1.82, 2.24) is 9.97 Å². The van der Waals surface area contributed by atoms with Crippen LogP contribution in [0.3, 0.4) is 0 Å². The van der Waals surface area contributed by atoms with Gasteiger partial charge in [-0.1, -0.05) is 147 Å². The Balaban J connectivity index is 0.898. The van der Waals surface area contributed by atoms with Crippen molar-refractivity contribution in [1.29, 1.82) is 0 Å². The van der Waals surface area contributed by atoms with Crippen LogP contribution in [0.5, 0.6) is 0 Å². The Morgan fingerprint density at radius 3 is 1.31 bits per heavy atom. The van der Waals surface area contributed by atoms with Crippen molar-refractivity contribution in [3.63, 3.8) is 0 Å². The molecule has 326 valence electrons. The zero-order chi connectivity index (χ0) is 44.2. The number of aliphatic hydroxyl groups excluding tert-OH is 1. The first-order valence-corrected chi connectivity index (χ1v) is 24.0. The first kappa shape index (κ1) is 43.6. The van der Waals surface area contributed by atoms with E-state index in [1.54, 1.807) is 0 Å². The minimum Gasteiger partial charge on any atom is -0.512 e. The van der Waals surface area contributed by atoms with E-state index in [0.717, 1.165) is 62.8 Å². The number of nitrogens with zero attached hydrogens (tertiary/aromatic N) is 2. The molecular weight excluding hydrogens is 793 g/mol. The van der Waals surface area contributed by atoms with E-state index >= 15 is 0 Å². The third-order valence-electron chi connectivity index (χ3n) is 13.3. The molecule has 0 radical (unpaired) electrons. The van der Waals surface area contributed by atoms with Crippen LogP contribution in [0.15, 0.2) is 170 Å². The van der Waals surface area contributed by atoms with Crippen molar-refractivity contribution in [2.24, 2.45) is 0 Å². The van der Waals surface area contributed by atoms with Crippen LogP contribution in [0.2, 0.25) is 0 Å². The Hall–Kier alpha value is -6.65. The van der Waals surface area contributed by atoms with Crippen molar-refractivity contribution < 1.29 is 9.90 Å². The molecule has 2 heterocycles. The molecule has 0 saturated carbocycles. The molecule has 6 aromatic carbocycles. The van der Waals surface area contributed by atoms with E-state index in [1.165, 1.54) is 122 Å². The van der Waals surface area contributed by atoms with E-state index in [1.807, 2.05) is 12.4 Å². The maximum Gasteiger partial charge on any atom is 0.159 e. The number of carbonyl (C=O) groups is 1. The molecule has 3 aliphatic rings. The van der Waals surface area contributed by atoms with Gasteiger partial charge in [-0.05, 0) is 144 Å². The predicted octanol–water partition coefficient (Wildman–Crippen LogP) is 15.1. The second kappa shape index (κ2) is 21.4. The molecule has 2 aromatic heterocycles. The second-order valence-corrected chi connectivity index (χ2v) is 18.2. The number of allylic oxidation sites excluding steroid dienone is 2. The summed E-state index contributed by atoms with van der Waals surface area (Å²) in [5.74, 6) is 0.160. The summed E-state index contributed by atoms with van der Waals surface area (Å²) in [6, 6.07) is 53.2. The van der Waals surface area contributed by atoms with Crippen LogP contribution in [0.4, 0.5) is 0 Å². The van der Waals surface area contributed by atoms with Gasteiger partial charge in [-0.15, -0.1) is 0 Å². The quantitative estimate of drug-likeness (QED) is 0.165. The highest BCUT2D eigenvalue weighted by atomic mass is 16.3. The van der Waals surface area contributed by atoms with Crippen LogP contribution in [0.25, 0.3) is 44.1 Å². The van der Waals surface area contributed by atoms with E-state index < -0.39 is 0 Å². The van der Waals surface area contributed by atoms with Crippen LogP contribution in [0, 0.1) is 0 Å². The van der Waals surface area contributed by atoms with Crippen LogP contribution in [-0.2, 0) is 43.3 Å².